The van der Waals surface area contributed by atoms with Crippen molar-refractivity contribution in [1.29, 1.82) is 0 Å². The van der Waals surface area contributed by atoms with Gasteiger partial charge in [-0.1, -0.05) is 19.3 Å². The van der Waals surface area contributed by atoms with Crippen LogP contribution in [0.1, 0.15) is 42.5 Å². The van der Waals surface area contributed by atoms with Crippen molar-refractivity contribution in [2.24, 2.45) is 5.73 Å². The minimum atomic E-state index is -0.623. The van der Waals surface area contributed by atoms with Crippen LogP contribution in [-0.4, -0.2) is 28.1 Å². The van der Waals surface area contributed by atoms with Gasteiger partial charge < -0.3 is 16.2 Å². The summed E-state index contributed by atoms with van der Waals surface area (Å²) in [5.41, 5.74) is 4.90. The van der Waals surface area contributed by atoms with Gasteiger partial charge in [-0.15, -0.1) is 0 Å². The van der Waals surface area contributed by atoms with Gasteiger partial charge in [0.1, 0.15) is 5.82 Å². The van der Waals surface area contributed by atoms with E-state index in [9.17, 15) is 9.90 Å². The van der Waals surface area contributed by atoms with E-state index < -0.39 is 11.5 Å². The molecule has 1 saturated carbocycles. The third-order valence-corrected chi connectivity index (χ3v) is 3.43. The van der Waals surface area contributed by atoms with Crippen LogP contribution in [0.4, 0.5) is 5.82 Å². The quantitative estimate of drug-likeness (QED) is 0.750. The van der Waals surface area contributed by atoms with E-state index in [-0.39, 0.29) is 0 Å². The largest absolute Gasteiger partial charge is 0.388 e. The molecular formula is C13H19N3O2. The van der Waals surface area contributed by atoms with Crippen LogP contribution in [0.3, 0.4) is 0 Å². The van der Waals surface area contributed by atoms with Crippen LogP contribution in [0.15, 0.2) is 18.3 Å². The molecular weight excluding hydrogens is 230 g/mol. The van der Waals surface area contributed by atoms with Crippen molar-refractivity contribution in [3.63, 3.8) is 0 Å². The van der Waals surface area contributed by atoms with E-state index in [0.29, 0.717) is 17.9 Å². The van der Waals surface area contributed by atoms with Crippen LogP contribution in [-0.2, 0) is 0 Å². The lowest BCUT2D eigenvalue weighted by Crippen LogP contribution is -2.38. The molecule has 18 heavy (non-hydrogen) atoms. The number of rotatable bonds is 4. The van der Waals surface area contributed by atoms with Gasteiger partial charge in [-0.3, -0.25) is 4.79 Å². The lowest BCUT2D eigenvalue weighted by atomic mass is 9.85. The Morgan fingerprint density at radius 2 is 2.11 bits per heavy atom. The summed E-state index contributed by atoms with van der Waals surface area (Å²) in [5, 5.41) is 13.4. The Morgan fingerprint density at radius 1 is 1.39 bits per heavy atom. The number of nitrogens with one attached hydrogen (secondary N) is 1. The molecule has 0 unspecified atom stereocenters. The fourth-order valence-corrected chi connectivity index (χ4v) is 2.29. The van der Waals surface area contributed by atoms with E-state index in [0.717, 1.165) is 25.7 Å². The summed E-state index contributed by atoms with van der Waals surface area (Å²) >= 11 is 0. The normalized spacial score (nSPS) is 18.3. The molecule has 2 rings (SSSR count). The van der Waals surface area contributed by atoms with Crippen LogP contribution >= 0.6 is 0 Å². The van der Waals surface area contributed by atoms with Gasteiger partial charge in [0.15, 0.2) is 0 Å². The molecule has 1 aliphatic carbocycles. The number of aromatic nitrogens is 1. The van der Waals surface area contributed by atoms with Crippen molar-refractivity contribution in [2.75, 3.05) is 11.9 Å². The minimum Gasteiger partial charge on any atom is -0.388 e. The zero-order valence-corrected chi connectivity index (χ0v) is 10.4. The van der Waals surface area contributed by atoms with E-state index in [2.05, 4.69) is 10.3 Å². The molecule has 1 aliphatic rings. The third kappa shape index (κ3) is 3.20. The zero-order chi connectivity index (χ0) is 13.0. The standard InChI is InChI=1S/C13H19N3O2/c14-12(17)10-4-5-11(15-8-10)16-9-13(18)6-2-1-3-7-13/h4-5,8,18H,1-3,6-7,9H2,(H2,14,17)(H,15,16). The molecule has 0 aliphatic heterocycles. The highest BCUT2D eigenvalue weighted by Gasteiger charge is 2.28. The average molecular weight is 249 g/mol. The highest BCUT2D eigenvalue weighted by atomic mass is 16.3. The van der Waals surface area contributed by atoms with Crippen molar-refractivity contribution in [2.45, 2.75) is 37.7 Å². The number of nitrogens with two attached hydrogens (primary N) is 1. The minimum absolute atomic E-state index is 0.386. The molecule has 0 atom stereocenters. The Kier molecular flexibility index (Phi) is 3.81. The van der Waals surface area contributed by atoms with Gasteiger partial charge in [0.2, 0.25) is 5.91 Å². The first-order valence-electron chi connectivity index (χ1n) is 6.31. The smallest absolute Gasteiger partial charge is 0.250 e. The van der Waals surface area contributed by atoms with E-state index in [1.807, 2.05) is 0 Å². The highest BCUT2D eigenvalue weighted by Crippen LogP contribution is 2.28. The van der Waals surface area contributed by atoms with Gasteiger partial charge >= 0.3 is 0 Å². The summed E-state index contributed by atoms with van der Waals surface area (Å²) < 4.78 is 0. The van der Waals surface area contributed by atoms with Gasteiger partial charge in [0, 0.05) is 12.7 Å². The fraction of sp³-hybridized carbons (Fsp3) is 0.538. The van der Waals surface area contributed by atoms with Crippen LogP contribution in [0.5, 0.6) is 0 Å². The van der Waals surface area contributed by atoms with E-state index in [1.54, 1.807) is 12.1 Å². The topological polar surface area (TPSA) is 88.2 Å². The third-order valence-electron chi connectivity index (χ3n) is 3.43. The molecule has 5 nitrogen and oxygen atoms in total. The van der Waals surface area contributed by atoms with E-state index in [1.165, 1.54) is 12.6 Å². The van der Waals surface area contributed by atoms with Gasteiger partial charge in [-0.05, 0) is 25.0 Å². The molecule has 5 heteroatoms. The average Bonchev–Trinajstić information content (AvgIpc) is 2.38. The Morgan fingerprint density at radius 3 is 2.67 bits per heavy atom. The lowest BCUT2D eigenvalue weighted by Gasteiger charge is -2.32. The molecule has 1 amide bonds. The number of amides is 1. The number of carbonyl (C=O) groups excluding carboxylic acids is 1. The summed E-state index contributed by atoms with van der Waals surface area (Å²) in [6, 6.07) is 3.33. The van der Waals surface area contributed by atoms with Crippen molar-refractivity contribution in [1.82, 2.24) is 4.98 Å². The molecule has 1 aromatic heterocycles. The molecule has 98 valence electrons. The first-order valence-corrected chi connectivity index (χ1v) is 6.31. The monoisotopic (exact) mass is 249 g/mol. The van der Waals surface area contributed by atoms with Crippen LogP contribution in [0, 0.1) is 0 Å². The second-order valence-corrected chi connectivity index (χ2v) is 4.93. The molecule has 0 bridgehead atoms. The predicted octanol–water partition coefficient (Wildman–Crippen LogP) is 1.29. The SMILES string of the molecule is NC(=O)c1ccc(NCC2(O)CCCCC2)nc1. The molecule has 0 spiro atoms. The number of anilines is 1. The second-order valence-electron chi connectivity index (χ2n) is 4.93. The number of carbonyl (C=O) groups is 1. The van der Waals surface area contributed by atoms with Gasteiger partial charge in [-0.2, -0.15) is 0 Å². The van der Waals surface area contributed by atoms with E-state index in [4.69, 9.17) is 5.73 Å². The first kappa shape index (κ1) is 12.8. The maximum atomic E-state index is 10.9. The van der Waals surface area contributed by atoms with Crippen molar-refractivity contribution < 1.29 is 9.90 Å². The molecule has 1 aromatic rings. The van der Waals surface area contributed by atoms with Crippen LogP contribution in [0.25, 0.3) is 0 Å². The van der Waals surface area contributed by atoms with Crippen LogP contribution < -0.4 is 11.1 Å². The Hall–Kier alpha value is -1.62. The van der Waals surface area contributed by atoms with Crippen LogP contribution in [0.2, 0.25) is 0 Å². The van der Waals surface area contributed by atoms with Crippen molar-refractivity contribution >= 4 is 11.7 Å². The molecule has 4 N–H and O–H groups in total. The number of aliphatic hydroxyl groups is 1. The summed E-state index contributed by atoms with van der Waals surface area (Å²) in [5.74, 6) is 0.166. The Balaban J connectivity index is 1.91. The van der Waals surface area contributed by atoms with Gasteiger partial charge in [0.05, 0.1) is 11.2 Å². The number of pyridine rings is 1. The fourth-order valence-electron chi connectivity index (χ4n) is 2.29. The molecule has 1 fully saturated rings. The van der Waals surface area contributed by atoms with Crippen molar-refractivity contribution in [3.8, 4) is 0 Å². The van der Waals surface area contributed by atoms with Gasteiger partial charge in [-0.25, -0.2) is 4.98 Å². The molecule has 0 saturated heterocycles. The lowest BCUT2D eigenvalue weighted by molar-refractivity contribution is 0.0166. The predicted molar refractivity (Wildman–Crippen MR) is 69.3 cm³/mol. The number of hydrogen-bond donors (Lipinski definition) is 3. The Bertz CT molecular complexity index is 411. The first-order chi connectivity index (χ1) is 8.59. The second kappa shape index (κ2) is 5.35. The molecule has 0 radical (unpaired) electrons. The Labute approximate surface area is 106 Å². The molecule has 0 aromatic carbocycles. The number of primary amides is 1. The highest BCUT2D eigenvalue weighted by molar-refractivity contribution is 5.92. The molecule has 1 heterocycles. The maximum absolute atomic E-state index is 10.9. The summed E-state index contributed by atoms with van der Waals surface area (Å²) in [6.45, 7) is 0.496. The summed E-state index contributed by atoms with van der Waals surface area (Å²) in [7, 11) is 0. The summed E-state index contributed by atoms with van der Waals surface area (Å²) in [4.78, 5) is 15.0. The zero-order valence-electron chi connectivity index (χ0n) is 10.4. The maximum Gasteiger partial charge on any atom is 0.250 e. The van der Waals surface area contributed by atoms with E-state index >= 15 is 0 Å². The van der Waals surface area contributed by atoms with Gasteiger partial charge in [0.25, 0.3) is 0 Å². The number of hydrogen-bond acceptors (Lipinski definition) is 4. The summed E-state index contributed by atoms with van der Waals surface area (Å²) in [6.07, 6.45) is 6.46. The number of nitrogens with zero attached hydrogens (tertiary/aromatic N) is 1. The van der Waals surface area contributed by atoms with Crippen molar-refractivity contribution in [3.05, 3.63) is 23.9 Å².